The molecular weight excluding hydrogens is 599 g/mol. The van der Waals surface area contributed by atoms with Gasteiger partial charge in [0.1, 0.15) is 22.5 Å². The first-order chi connectivity index (χ1) is 24.1. The molecule has 0 fully saturated rings. The van der Waals surface area contributed by atoms with Crippen molar-refractivity contribution >= 4 is 68.2 Å². The molecule has 9 rings (SSSR count). The molecule has 0 aliphatic heterocycles. The summed E-state index contributed by atoms with van der Waals surface area (Å²) in [7, 11) is 0. The second-order valence-corrected chi connectivity index (χ2v) is 13.5. The monoisotopic (exact) mass is 635 g/mol. The molecule has 2 unspecified atom stereocenters. The van der Waals surface area contributed by atoms with Gasteiger partial charge in [-0.25, -0.2) is 0 Å². The van der Waals surface area contributed by atoms with E-state index < -0.39 is 0 Å². The van der Waals surface area contributed by atoms with Crippen LogP contribution in [0.3, 0.4) is 0 Å². The van der Waals surface area contributed by atoms with E-state index in [9.17, 15) is 0 Å². The van der Waals surface area contributed by atoms with Crippen molar-refractivity contribution in [3.63, 3.8) is 0 Å². The summed E-state index contributed by atoms with van der Waals surface area (Å²) in [5, 5.41) is 3.45. The van der Waals surface area contributed by atoms with Crippen LogP contribution in [0, 0.1) is 11.8 Å². The summed E-state index contributed by atoms with van der Waals surface area (Å²) in [6.45, 7) is 4.50. The third kappa shape index (κ3) is 5.42. The normalized spacial score (nSPS) is 17.5. The number of rotatable bonds is 6. The van der Waals surface area contributed by atoms with Gasteiger partial charge in [-0.1, -0.05) is 103 Å². The summed E-state index contributed by atoms with van der Waals surface area (Å²) < 4.78 is 13.0. The summed E-state index contributed by atoms with van der Waals surface area (Å²) >= 11 is 0. The number of fused-ring (bicyclic) bond motifs is 6. The standard InChI is InChI=1S/C46H37NO2/c1-30-13-20-38(31(2)25-30)34-18-23-41-39-21-16-32(26-43(39)48-45(41)28-34)14-15-33-17-22-40-42-24-19-37(29-46(42)49-44(40)27-33)47(35-9-5-3-6-10-35)36-11-7-4-8-12-36/h3-17,19-22,24-29,31,38H,18,23H2,1-2H3. The highest BCUT2D eigenvalue weighted by Crippen LogP contribution is 2.41. The third-order valence-corrected chi connectivity index (χ3v) is 10.2. The molecule has 2 heterocycles. The Morgan fingerprint density at radius 1 is 0.633 bits per heavy atom. The smallest absolute Gasteiger partial charge is 0.137 e. The number of para-hydroxylation sites is 2. The summed E-state index contributed by atoms with van der Waals surface area (Å²) in [6.07, 6.45) is 15.7. The van der Waals surface area contributed by atoms with E-state index in [0.717, 1.165) is 74.3 Å². The SMILES string of the molecule is CC1=CC(C)C(C2=Cc3oc4cc(C=Cc5ccc6c(c5)oc5cc(N(c7ccccc7)c7ccccc7)ccc56)ccc4c3CC2)C=C1. The van der Waals surface area contributed by atoms with Gasteiger partial charge in [0.25, 0.3) is 0 Å². The largest absolute Gasteiger partial charge is 0.456 e. The number of anilines is 3. The minimum atomic E-state index is 0.452. The van der Waals surface area contributed by atoms with Crippen LogP contribution in [0.5, 0.6) is 0 Å². The van der Waals surface area contributed by atoms with Crippen molar-refractivity contribution in [1.82, 2.24) is 0 Å². The zero-order valence-electron chi connectivity index (χ0n) is 27.8. The molecule has 0 N–H and O–H groups in total. The van der Waals surface area contributed by atoms with Crippen molar-refractivity contribution in [3.05, 3.63) is 167 Å². The fourth-order valence-corrected chi connectivity index (χ4v) is 7.72. The van der Waals surface area contributed by atoms with Crippen molar-refractivity contribution < 1.29 is 8.83 Å². The van der Waals surface area contributed by atoms with Crippen LogP contribution in [0.1, 0.15) is 42.7 Å². The number of hydrogen-bond acceptors (Lipinski definition) is 3. The van der Waals surface area contributed by atoms with Crippen LogP contribution < -0.4 is 4.90 Å². The highest BCUT2D eigenvalue weighted by atomic mass is 16.3. The number of nitrogens with zero attached hydrogens (tertiary/aromatic N) is 1. The lowest BCUT2D eigenvalue weighted by Crippen LogP contribution is -2.15. The summed E-state index contributed by atoms with van der Waals surface area (Å²) in [6, 6.07) is 40.4. The lowest BCUT2D eigenvalue weighted by atomic mass is 9.78. The molecule has 7 aromatic rings. The molecule has 0 bridgehead atoms. The zero-order chi connectivity index (χ0) is 32.9. The fraction of sp³-hybridized carbons (Fsp3) is 0.130. The van der Waals surface area contributed by atoms with E-state index in [1.54, 1.807) is 0 Å². The summed E-state index contributed by atoms with van der Waals surface area (Å²) in [5.41, 5.74) is 12.3. The van der Waals surface area contributed by atoms with Crippen LogP contribution >= 0.6 is 0 Å². The summed E-state index contributed by atoms with van der Waals surface area (Å²) in [5.74, 6) is 1.99. The average Bonchev–Trinajstić information content (AvgIpc) is 3.68. The lowest BCUT2D eigenvalue weighted by Gasteiger charge is -2.26. The van der Waals surface area contributed by atoms with Gasteiger partial charge in [-0.3, -0.25) is 0 Å². The first-order valence-corrected chi connectivity index (χ1v) is 17.2. The first-order valence-electron chi connectivity index (χ1n) is 17.2. The minimum Gasteiger partial charge on any atom is -0.456 e. The van der Waals surface area contributed by atoms with Crippen LogP contribution in [-0.4, -0.2) is 0 Å². The molecule has 0 spiro atoms. The molecule has 238 valence electrons. The maximum absolute atomic E-state index is 6.49. The Morgan fingerprint density at radius 3 is 1.92 bits per heavy atom. The second kappa shape index (κ2) is 12.0. The maximum Gasteiger partial charge on any atom is 0.137 e. The van der Waals surface area contributed by atoms with E-state index in [0.29, 0.717) is 11.8 Å². The van der Waals surface area contributed by atoms with E-state index in [1.165, 1.54) is 22.1 Å². The molecule has 2 aliphatic carbocycles. The van der Waals surface area contributed by atoms with Gasteiger partial charge in [0.2, 0.25) is 0 Å². The number of hydrogen-bond donors (Lipinski definition) is 0. The molecule has 3 nitrogen and oxygen atoms in total. The van der Waals surface area contributed by atoms with Crippen molar-refractivity contribution in [3.8, 4) is 0 Å². The van der Waals surface area contributed by atoms with Crippen molar-refractivity contribution in [2.45, 2.75) is 26.7 Å². The van der Waals surface area contributed by atoms with Gasteiger partial charge in [-0.2, -0.15) is 0 Å². The lowest BCUT2D eigenvalue weighted by molar-refractivity contribution is 0.542. The molecule has 49 heavy (non-hydrogen) atoms. The molecule has 0 saturated heterocycles. The Morgan fingerprint density at radius 2 is 1.24 bits per heavy atom. The first kappa shape index (κ1) is 29.3. The van der Waals surface area contributed by atoms with E-state index in [2.05, 4.69) is 158 Å². The highest BCUT2D eigenvalue weighted by molar-refractivity contribution is 6.06. The molecule has 5 aromatic carbocycles. The number of benzene rings is 5. The van der Waals surface area contributed by atoms with Crippen LogP contribution in [0.4, 0.5) is 17.1 Å². The van der Waals surface area contributed by atoms with Crippen molar-refractivity contribution in [2.24, 2.45) is 11.8 Å². The van der Waals surface area contributed by atoms with Gasteiger partial charge in [-0.15, -0.1) is 0 Å². The molecule has 2 atom stereocenters. The predicted molar refractivity (Wildman–Crippen MR) is 205 cm³/mol. The topological polar surface area (TPSA) is 29.5 Å². The molecule has 2 aromatic heterocycles. The van der Waals surface area contributed by atoms with E-state index in [1.807, 2.05) is 12.1 Å². The van der Waals surface area contributed by atoms with Gasteiger partial charge in [0.15, 0.2) is 0 Å². The second-order valence-electron chi connectivity index (χ2n) is 13.5. The van der Waals surface area contributed by atoms with E-state index in [-0.39, 0.29) is 0 Å². The van der Waals surface area contributed by atoms with Crippen LogP contribution in [0.15, 0.2) is 153 Å². The quantitative estimate of drug-likeness (QED) is 0.170. The van der Waals surface area contributed by atoms with Crippen LogP contribution in [-0.2, 0) is 6.42 Å². The van der Waals surface area contributed by atoms with Gasteiger partial charge in [0.05, 0.1) is 0 Å². The van der Waals surface area contributed by atoms with Crippen LogP contribution in [0.25, 0.3) is 51.1 Å². The Kier molecular flexibility index (Phi) is 7.20. The summed E-state index contributed by atoms with van der Waals surface area (Å²) in [4.78, 5) is 2.26. The predicted octanol–water partition coefficient (Wildman–Crippen LogP) is 13.1. The molecule has 0 radical (unpaired) electrons. The van der Waals surface area contributed by atoms with Gasteiger partial charge < -0.3 is 13.7 Å². The van der Waals surface area contributed by atoms with Crippen molar-refractivity contribution in [1.29, 1.82) is 0 Å². The average molecular weight is 636 g/mol. The highest BCUT2D eigenvalue weighted by Gasteiger charge is 2.25. The molecule has 2 aliphatic rings. The minimum absolute atomic E-state index is 0.452. The molecular formula is C46H37NO2. The van der Waals surface area contributed by atoms with Crippen LogP contribution in [0.2, 0.25) is 0 Å². The van der Waals surface area contributed by atoms with E-state index >= 15 is 0 Å². The van der Waals surface area contributed by atoms with Crippen molar-refractivity contribution in [2.75, 3.05) is 4.90 Å². The Labute approximate surface area is 286 Å². The number of aryl methyl sites for hydroxylation is 1. The third-order valence-electron chi connectivity index (χ3n) is 10.2. The van der Waals surface area contributed by atoms with Gasteiger partial charge >= 0.3 is 0 Å². The molecule has 0 amide bonds. The Balaban J connectivity index is 0.995. The van der Waals surface area contributed by atoms with Gasteiger partial charge in [0, 0.05) is 50.8 Å². The Bertz CT molecular complexity index is 2430. The number of allylic oxidation sites excluding steroid dienone is 5. The molecule has 0 saturated carbocycles. The zero-order valence-corrected chi connectivity index (χ0v) is 27.8. The number of furan rings is 2. The van der Waals surface area contributed by atoms with E-state index in [4.69, 9.17) is 8.83 Å². The Hall–Kier alpha value is -5.80. The maximum atomic E-state index is 6.49. The fourth-order valence-electron chi connectivity index (χ4n) is 7.72. The van der Waals surface area contributed by atoms with Gasteiger partial charge in [-0.05, 0) is 97.5 Å². The molecule has 3 heteroatoms.